The molecule has 1 fully saturated rings. The molecular formula is C22H32ClFN4O4. The fourth-order valence-electron chi connectivity index (χ4n) is 3.64. The van der Waals surface area contributed by atoms with Crippen LogP contribution in [0.3, 0.4) is 0 Å². The molecule has 8 nitrogen and oxygen atoms in total. The summed E-state index contributed by atoms with van der Waals surface area (Å²) in [4.78, 5) is 41.7. The minimum absolute atomic E-state index is 0.0330. The van der Waals surface area contributed by atoms with Crippen LogP contribution >= 0.6 is 11.6 Å². The predicted octanol–water partition coefficient (Wildman–Crippen LogP) is 2.53. The van der Waals surface area contributed by atoms with Crippen LogP contribution < -0.4 is 16.1 Å². The average Bonchev–Trinajstić information content (AvgIpc) is 2.78. The number of alkyl halides is 2. The monoisotopic (exact) mass is 470 g/mol. The Morgan fingerprint density at radius 2 is 2.19 bits per heavy atom. The fourth-order valence-corrected chi connectivity index (χ4v) is 4.00. The number of nitrogens with zero attached hydrogens (tertiary/aromatic N) is 1. The molecule has 0 saturated heterocycles. The fraction of sp³-hybridized carbons (Fsp3) is 0.591. The molecule has 0 aliphatic heterocycles. The first-order valence-corrected chi connectivity index (χ1v) is 11.4. The molecule has 0 aromatic carbocycles. The zero-order valence-corrected chi connectivity index (χ0v) is 19.1. The number of aromatic nitrogens is 1. The summed E-state index contributed by atoms with van der Waals surface area (Å²) in [6.07, 6.45) is 5.34. The summed E-state index contributed by atoms with van der Waals surface area (Å²) in [5, 5.41) is 15.4. The third-order valence-corrected chi connectivity index (χ3v) is 6.08. The number of carbonyl (C=O) groups is 2. The molecule has 1 saturated carbocycles. The van der Waals surface area contributed by atoms with Gasteiger partial charge in [-0.3, -0.25) is 19.7 Å². The molecule has 2 amide bonds. The highest BCUT2D eigenvalue weighted by Crippen LogP contribution is 2.30. The molecule has 4 N–H and O–H groups in total. The van der Waals surface area contributed by atoms with Crippen LogP contribution in [0.4, 0.5) is 4.39 Å². The number of hydrogen-bond acceptors (Lipinski definition) is 5. The number of nitrogens with one attached hydrogen (secondary N) is 3. The van der Waals surface area contributed by atoms with Crippen LogP contribution in [0.25, 0.3) is 0 Å². The molecule has 1 aromatic heterocycles. The summed E-state index contributed by atoms with van der Waals surface area (Å²) in [6, 6.07) is 0. The van der Waals surface area contributed by atoms with E-state index >= 15 is 0 Å². The number of H-pyrrole nitrogens is 1. The Labute approximate surface area is 192 Å². The summed E-state index contributed by atoms with van der Waals surface area (Å²) < 4.78 is 14.2. The van der Waals surface area contributed by atoms with Crippen LogP contribution in [0.2, 0.25) is 0 Å². The number of rotatable bonds is 11. The average molecular weight is 471 g/mol. The molecule has 32 heavy (non-hydrogen) atoms. The van der Waals surface area contributed by atoms with E-state index in [1.807, 2.05) is 6.08 Å². The third-order valence-electron chi connectivity index (χ3n) is 5.62. The number of allylic oxidation sites excluding steroid dienone is 1. The zero-order valence-electron chi connectivity index (χ0n) is 18.3. The number of halogens is 2. The minimum Gasteiger partial charge on any atom is -0.503 e. The normalized spacial score (nSPS) is 20.5. The van der Waals surface area contributed by atoms with Gasteiger partial charge in [0.25, 0.3) is 11.8 Å². The summed E-state index contributed by atoms with van der Waals surface area (Å²) in [5.74, 6) is -2.57. The van der Waals surface area contributed by atoms with Crippen molar-refractivity contribution in [3.05, 3.63) is 40.3 Å². The van der Waals surface area contributed by atoms with Gasteiger partial charge in [0, 0.05) is 25.2 Å². The molecule has 0 spiro atoms. The summed E-state index contributed by atoms with van der Waals surface area (Å²) >= 11 is 5.96. The molecule has 1 aliphatic rings. The number of aromatic hydroxyl groups is 1. The highest BCUT2D eigenvalue weighted by atomic mass is 35.5. The Morgan fingerprint density at radius 1 is 1.44 bits per heavy atom. The van der Waals surface area contributed by atoms with Crippen molar-refractivity contribution in [2.24, 2.45) is 5.92 Å². The first-order chi connectivity index (χ1) is 15.3. The lowest BCUT2D eigenvalue weighted by molar-refractivity contribution is 0.0740. The molecule has 178 valence electrons. The predicted molar refractivity (Wildman–Crippen MR) is 122 cm³/mol. The minimum atomic E-state index is -1.23. The Balaban J connectivity index is 2.03. The quantitative estimate of drug-likeness (QED) is 0.172. The molecule has 10 heteroatoms. The smallest absolute Gasteiger partial charge is 0.275 e. The lowest BCUT2D eigenvalue weighted by Crippen LogP contribution is -2.41. The maximum absolute atomic E-state index is 14.2. The maximum atomic E-state index is 14.2. The molecule has 0 bridgehead atoms. The molecule has 3 atom stereocenters. The molecule has 0 radical (unpaired) electrons. The second-order valence-electron chi connectivity index (χ2n) is 7.87. The number of unbranched alkanes of at least 4 members (excludes halogenated alkanes) is 1. The zero-order chi connectivity index (χ0) is 23.7. The number of aromatic amines is 1. The lowest BCUT2D eigenvalue weighted by Gasteiger charge is -2.29. The highest BCUT2D eigenvalue weighted by molar-refractivity contribution is 6.21. The van der Waals surface area contributed by atoms with Gasteiger partial charge in [0.2, 0.25) is 5.43 Å². The van der Waals surface area contributed by atoms with E-state index in [-0.39, 0.29) is 24.5 Å². The standard InChI is InChI=1S/C22H32ClFN4O4/c1-3-5-6-10-25-13-28(4-2)22(32)18-20(30)19(29)15(12-26-18)21(31)27-11-14-8-7-9-16(23)17(14)24/h3,12,14,16-17,25,30H,1,4-11,13H2,2H3,(H,26,29)(H,27,31). The second-order valence-corrected chi connectivity index (χ2v) is 8.43. The van der Waals surface area contributed by atoms with Crippen molar-refractivity contribution in [2.75, 3.05) is 26.3 Å². The Kier molecular flexibility index (Phi) is 10.2. The maximum Gasteiger partial charge on any atom is 0.275 e. The topological polar surface area (TPSA) is 115 Å². The van der Waals surface area contributed by atoms with Crippen LogP contribution in [-0.4, -0.2) is 64.7 Å². The van der Waals surface area contributed by atoms with Gasteiger partial charge in [-0.15, -0.1) is 18.2 Å². The van der Waals surface area contributed by atoms with Crippen LogP contribution in [0.15, 0.2) is 23.6 Å². The van der Waals surface area contributed by atoms with Crippen molar-refractivity contribution in [3.8, 4) is 5.75 Å². The van der Waals surface area contributed by atoms with E-state index in [4.69, 9.17) is 11.6 Å². The van der Waals surface area contributed by atoms with E-state index in [1.165, 1.54) is 4.90 Å². The first kappa shape index (κ1) is 25.9. The van der Waals surface area contributed by atoms with Crippen LogP contribution in [0.5, 0.6) is 5.75 Å². The lowest BCUT2D eigenvalue weighted by atomic mass is 9.87. The van der Waals surface area contributed by atoms with Gasteiger partial charge >= 0.3 is 0 Å². The Morgan fingerprint density at radius 3 is 2.88 bits per heavy atom. The third kappa shape index (κ3) is 6.56. The number of hydrogen-bond donors (Lipinski definition) is 4. The summed E-state index contributed by atoms with van der Waals surface area (Å²) in [6.45, 7) is 6.73. The van der Waals surface area contributed by atoms with E-state index < -0.39 is 40.5 Å². The van der Waals surface area contributed by atoms with Gasteiger partial charge in [-0.25, -0.2) is 4.39 Å². The molecule has 1 heterocycles. The van der Waals surface area contributed by atoms with Crippen LogP contribution in [-0.2, 0) is 0 Å². The van der Waals surface area contributed by atoms with Crippen LogP contribution in [0, 0.1) is 5.92 Å². The number of carbonyl (C=O) groups excluding carboxylic acids is 2. The van der Waals surface area contributed by atoms with E-state index in [1.54, 1.807) is 6.92 Å². The molecule has 3 unspecified atom stereocenters. The van der Waals surface area contributed by atoms with Gasteiger partial charge in [-0.05, 0) is 39.2 Å². The molecule has 1 aromatic rings. The second kappa shape index (κ2) is 12.6. The Hall–Kier alpha value is -2.39. The van der Waals surface area contributed by atoms with E-state index in [9.17, 15) is 23.9 Å². The van der Waals surface area contributed by atoms with Gasteiger partial charge in [0.15, 0.2) is 11.4 Å². The molecule has 2 rings (SSSR count). The number of pyridine rings is 1. The number of amides is 2. The van der Waals surface area contributed by atoms with Gasteiger partial charge in [0.1, 0.15) is 11.7 Å². The van der Waals surface area contributed by atoms with Crippen molar-refractivity contribution in [1.29, 1.82) is 0 Å². The first-order valence-electron chi connectivity index (χ1n) is 10.9. The van der Waals surface area contributed by atoms with Crippen molar-refractivity contribution in [2.45, 2.75) is 50.6 Å². The molecule has 1 aliphatic carbocycles. The summed E-state index contributed by atoms with van der Waals surface area (Å²) in [7, 11) is 0. The molecular weight excluding hydrogens is 439 g/mol. The van der Waals surface area contributed by atoms with Crippen molar-refractivity contribution >= 4 is 23.4 Å². The van der Waals surface area contributed by atoms with Gasteiger partial charge in [-0.2, -0.15) is 0 Å². The SMILES string of the molecule is C=CCCCNCN(CC)C(=O)c1[nH]cc(C(=O)NCC2CCCC(Cl)C2F)c(=O)c1O. The van der Waals surface area contributed by atoms with Crippen LogP contribution in [0.1, 0.15) is 59.9 Å². The van der Waals surface area contributed by atoms with Crippen molar-refractivity contribution < 1.29 is 19.1 Å². The van der Waals surface area contributed by atoms with Gasteiger partial charge in [-0.1, -0.05) is 12.5 Å². The van der Waals surface area contributed by atoms with E-state index in [2.05, 4.69) is 22.2 Å². The van der Waals surface area contributed by atoms with Crippen molar-refractivity contribution in [3.63, 3.8) is 0 Å². The van der Waals surface area contributed by atoms with E-state index in [0.717, 1.165) is 25.5 Å². The van der Waals surface area contributed by atoms with E-state index in [0.29, 0.717) is 25.9 Å². The largest absolute Gasteiger partial charge is 0.503 e. The van der Waals surface area contributed by atoms with Crippen molar-refractivity contribution in [1.82, 2.24) is 20.5 Å². The highest BCUT2D eigenvalue weighted by Gasteiger charge is 2.32. The summed E-state index contributed by atoms with van der Waals surface area (Å²) in [5.41, 5.74) is -1.60. The Bertz CT molecular complexity index is 863. The van der Waals surface area contributed by atoms with Gasteiger partial charge < -0.3 is 20.3 Å². The van der Waals surface area contributed by atoms with Gasteiger partial charge in [0.05, 0.1) is 12.0 Å².